The topological polar surface area (TPSA) is 58.6 Å². The Balaban J connectivity index is 1.75. The maximum absolute atomic E-state index is 13.2. The van der Waals surface area contributed by atoms with Gasteiger partial charge in [0.05, 0.1) is 0 Å². The summed E-state index contributed by atoms with van der Waals surface area (Å²) in [5.74, 6) is -0.0109. The maximum Gasteiger partial charge on any atom is 0.407 e. The molecular weight excluding hydrogens is 408 g/mol. The predicted molar refractivity (Wildman–Crippen MR) is 110 cm³/mol. The molecule has 1 fully saturated rings. The Labute approximate surface area is 168 Å². The van der Waals surface area contributed by atoms with Crippen molar-refractivity contribution in [2.45, 2.75) is 45.3 Å². The number of benzene rings is 2. The average Bonchev–Trinajstić information content (AvgIpc) is 2.59. The average molecular weight is 433 g/mol. The van der Waals surface area contributed by atoms with Gasteiger partial charge in [0, 0.05) is 34.6 Å². The molecule has 3 rings (SSSR count). The number of amides is 2. The number of fused-ring (bicyclic) bond motifs is 1. The van der Waals surface area contributed by atoms with E-state index in [1.165, 1.54) is 0 Å². The Morgan fingerprint density at radius 1 is 1.19 bits per heavy atom. The molecule has 144 valence electrons. The van der Waals surface area contributed by atoms with Gasteiger partial charge in [-0.25, -0.2) is 4.79 Å². The van der Waals surface area contributed by atoms with Crippen LogP contribution in [0.15, 0.2) is 40.9 Å². The molecule has 1 saturated heterocycles. The second-order valence-corrected chi connectivity index (χ2v) is 8.73. The fourth-order valence-electron chi connectivity index (χ4n) is 3.40. The number of piperidine rings is 1. The number of halogens is 1. The highest BCUT2D eigenvalue weighted by Gasteiger charge is 2.28. The molecule has 0 aliphatic carbocycles. The third-order valence-corrected chi connectivity index (χ3v) is 5.17. The summed E-state index contributed by atoms with van der Waals surface area (Å²) in [5.41, 5.74) is 0.140. The number of alkyl carbamates (subject to hydrolysis) is 1. The molecule has 0 bridgehead atoms. The summed E-state index contributed by atoms with van der Waals surface area (Å²) in [6.45, 7) is 6.68. The number of rotatable bonds is 2. The zero-order chi connectivity index (χ0) is 19.6. The van der Waals surface area contributed by atoms with Crippen molar-refractivity contribution in [3.63, 3.8) is 0 Å². The van der Waals surface area contributed by atoms with Crippen molar-refractivity contribution in [3.05, 3.63) is 46.4 Å². The fraction of sp³-hybridized carbons (Fsp3) is 0.429. The lowest BCUT2D eigenvalue weighted by Crippen LogP contribution is -2.50. The standard InChI is InChI=1S/C21H25BrN2O3/c1-21(2,3)27-20(26)23-15-9-6-12-24(13-15)19(25)16-10-4-7-14-8-5-11-17(22)18(14)16/h4-5,7-8,10-11,15H,6,9,12-13H2,1-3H3,(H,23,26)/t15-/m0/s1. The van der Waals surface area contributed by atoms with Crippen LogP contribution in [0.3, 0.4) is 0 Å². The highest BCUT2D eigenvalue weighted by molar-refractivity contribution is 9.10. The lowest BCUT2D eigenvalue weighted by atomic mass is 10.0. The number of ether oxygens (including phenoxy) is 1. The lowest BCUT2D eigenvalue weighted by Gasteiger charge is -2.34. The molecule has 0 aromatic heterocycles. The van der Waals surface area contributed by atoms with E-state index < -0.39 is 11.7 Å². The van der Waals surface area contributed by atoms with Crippen LogP contribution < -0.4 is 5.32 Å². The minimum absolute atomic E-state index is 0.0109. The molecule has 0 spiro atoms. The SMILES string of the molecule is CC(C)(C)OC(=O)N[C@H]1CCCN(C(=O)c2cccc3cccc(Br)c23)C1. The molecular formula is C21H25BrN2O3. The zero-order valence-corrected chi connectivity index (χ0v) is 17.5. The van der Waals surface area contributed by atoms with Gasteiger partial charge in [-0.15, -0.1) is 0 Å². The Morgan fingerprint density at radius 2 is 1.89 bits per heavy atom. The number of hydrogen-bond acceptors (Lipinski definition) is 3. The van der Waals surface area contributed by atoms with Crippen molar-refractivity contribution in [1.29, 1.82) is 0 Å². The van der Waals surface area contributed by atoms with Crippen molar-refractivity contribution < 1.29 is 14.3 Å². The molecule has 1 aliphatic heterocycles. The Kier molecular flexibility index (Phi) is 5.75. The quantitative estimate of drug-likeness (QED) is 0.745. The molecule has 6 heteroatoms. The number of nitrogens with zero attached hydrogens (tertiary/aromatic N) is 1. The number of nitrogens with one attached hydrogen (secondary N) is 1. The molecule has 1 aliphatic rings. The van der Waals surface area contributed by atoms with E-state index in [4.69, 9.17) is 4.74 Å². The first-order valence-electron chi connectivity index (χ1n) is 9.20. The van der Waals surface area contributed by atoms with Gasteiger partial charge in [-0.3, -0.25) is 4.79 Å². The highest BCUT2D eigenvalue weighted by Crippen LogP contribution is 2.28. The molecule has 2 amide bonds. The monoisotopic (exact) mass is 432 g/mol. The summed E-state index contributed by atoms with van der Waals surface area (Å²) < 4.78 is 6.24. The van der Waals surface area contributed by atoms with Crippen LogP contribution in [0.5, 0.6) is 0 Å². The first kappa shape index (κ1) is 19.7. The van der Waals surface area contributed by atoms with E-state index in [0.29, 0.717) is 18.7 Å². The van der Waals surface area contributed by atoms with Crippen LogP contribution >= 0.6 is 15.9 Å². The minimum Gasteiger partial charge on any atom is -0.444 e. The van der Waals surface area contributed by atoms with Crippen LogP contribution in [0.4, 0.5) is 4.79 Å². The highest BCUT2D eigenvalue weighted by atomic mass is 79.9. The molecule has 1 N–H and O–H groups in total. The fourth-order valence-corrected chi connectivity index (χ4v) is 3.99. The number of carbonyl (C=O) groups is 2. The van der Waals surface area contributed by atoms with Crippen molar-refractivity contribution in [2.24, 2.45) is 0 Å². The van der Waals surface area contributed by atoms with E-state index in [1.54, 1.807) is 0 Å². The molecule has 0 saturated carbocycles. The minimum atomic E-state index is -0.538. The van der Waals surface area contributed by atoms with Gasteiger partial charge < -0.3 is 15.0 Å². The van der Waals surface area contributed by atoms with Gasteiger partial charge in [0.2, 0.25) is 0 Å². The molecule has 1 heterocycles. The predicted octanol–water partition coefficient (Wildman–Crippen LogP) is 4.73. The Morgan fingerprint density at radius 3 is 2.59 bits per heavy atom. The van der Waals surface area contributed by atoms with Crippen LogP contribution in [0.1, 0.15) is 44.0 Å². The van der Waals surface area contributed by atoms with Gasteiger partial charge in [0.15, 0.2) is 0 Å². The molecule has 1 atom stereocenters. The summed E-state index contributed by atoms with van der Waals surface area (Å²) in [4.78, 5) is 27.1. The third-order valence-electron chi connectivity index (χ3n) is 4.51. The summed E-state index contributed by atoms with van der Waals surface area (Å²) in [7, 11) is 0. The van der Waals surface area contributed by atoms with Gasteiger partial charge in [-0.2, -0.15) is 0 Å². The van der Waals surface area contributed by atoms with Crippen LogP contribution in [0.2, 0.25) is 0 Å². The van der Waals surface area contributed by atoms with Crippen molar-refractivity contribution in [1.82, 2.24) is 10.2 Å². The zero-order valence-electron chi connectivity index (χ0n) is 15.9. The van der Waals surface area contributed by atoms with Gasteiger partial charge >= 0.3 is 6.09 Å². The van der Waals surface area contributed by atoms with Crippen LogP contribution in [0, 0.1) is 0 Å². The van der Waals surface area contributed by atoms with Gasteiger partial charge in [-0.05, 0) is 51.1 Å². The first-order valence-corrected chi connectivity index (χ1v) is 10.00. The second-order valence-electron chi connectivity index (χ2n) is 7.88. The molecule has 0 radical (unpaired) electrons. The lowest BCUT2D eigenvalue weighted by molar-refractivity contribution is 0.0452. The van der Waals surface area contributed by atoms with E-state index in [1.807, 2.05) is 62.1 Å². The largest absolute Gasteiger partial charge is 0.444 e. The Bertz CT molecular complexity index is 855. The maximum atomic E-state index is 13.2. The Hall–Kier alpha value is -2.08. The number of likely N-dealkylation sites (tertiary alicyclic amines) is 1. The van der Waals surface area contributed by atoms with E-state index in [2.05, 4.69) is 21.2 Å². The van der Waals surface area contributed by atoms with E-state index in [9.17, 15) is 9.59 Å². The molecule has 5 nitrogen and oxygen atoms in total. The van der Waals surface area contributed by atoms with Gasteiger partial charge in [0.25, 0.3) is 5.91 Å². The smallest absolute Gasteiger partial charge is 0.407 e. The summed E-state index contributed by atoms with van der Waals surface area (Å²) >= 11 is 3.57. The summed E-state index contributed by atoms with van der Waals surface area (Å²) in [6, 6.07) is 11.6. The normalized spacial score (nSPS) is 17.6. The molecule has 2 aromatic carbocycles. The molecule has 27 heavy (non-hydrogen) atoms. The van der Waals surface area contributed by atoms with Crippen molar-refractivity contribution >= 4 is 38.7 Å². The first-order chi connectivity index (χ1) is 12.7. The van der Waals surface area contributed by atoms with E-state index >= 15 is 0 Å². The third kappa shape index (κ3) is 4.80. The molecule has 2 aromatic rings. The van der Waals surface area contributed by atoms with Gasteiger partial charge in [0.1, 0.15) is 5.60 Å². The van der Waals surface area contributed by atoms with Crippen LogP contribution in [-0.2, 0) is 4.74 Å². The second kappa shape index (κ2) is 7.89. The van der Waals surface area contributed by atoms with Gasteiger partial charge in [-0.1, -0.05) is 40.2 Å². The van der Waals surface area contributed by atoms with E-state index in [0.717, 1.165) is 28.1 Å². The van der Waals surface area contributed by atoms with Crippen LogP contribution in [0.25, 0.3) is 10.8 Å². The summed E-state index contributed by atoms with van der Waals surface area (Å²) in [6.07, 6.45) is 1.25. The van der Waals surface area contributed by atoms with Crippen molar-refractivity contribution in [2.75, 3.05) is 13.1 Å². The van der Waals surface area contributed by atoms with Crippen molar-refractivity contribution in [3.8, 4) is 0 Å². The summed E-state index contributed by atoms with van der Waals surface area (Å²) in [5, 5.41) is 4.84. The number of carbonyl (C=O) groups excluding carboxylic acids is 2. The van der Waals surface area contributed by atoms with E-state index in [-0.39, 0.29) is 11.9 Å². The number of hydrogen-bond donors (Lipinski definition) is 1. The van der Waals surface area contributed by atoms with Crippen LogP contribution in [-0.4, -0.2) is 41.6 Å². The molecule has 0 unspecified atom stereocenters.